The number of anilines is 3. The minimum absolute atomic E-state index is 0.00842. The number of esters is 8. The van der Waals surface area contributed by atoms with E-state index in [9.17, 15) is 53.1 Å². The molecule has 9 aromatic rings. The predicted octanol–water partition coefficient (Wildman–Crippen LogP) is 17.7. The number of hydrogen-bond acceptors (Lipinski definition) is 33. The number of cyclic esters (lactones) is 1. The van der Waals surface area contributed by atoms with Gasteiger partial charge in [-0.25, -0.2) is 83.0 Å². The van der Waals surface area contributed by atoms with Gasteiger partial charge in [0.25, 0.3) is 0 Å². The number of nitrogens with one attached hydrogen (secondary N) is 3. The van der Waals surface area contributed by atoms with E-state index in [1.165, 1.54) is 67.5 Å². The highest BCUT2D eigenvalue weighted by Gasteiger charge is 2.34. The number of aldehydes is 1. The maximum atomic E-state index is 12.5. The molecule has 8 aromatic heterocycles. The Labute approximate surface area is 785 Å². The minimum Gasteiger partial charge on any atom is -0.482 e. The lowest BCUT2D eigenvalue weighted by Gasteiger charge is -2.21. The quantitative estimate of drug-likeness (QED) is 0.0161. The molecule has 39 heteroatoms. The first-order chi connectivity index (χ1) is 61.0. The third kappa shape index (κ3) is 39.2. The molecule has 9 heterocycles. The van der Waals surface area contributed by atoms with Crippen LogP contribution in [-0.4, -0.2) is 182 Å². The van der Waals surface area contributed by atoms with Crippen molar-refractivity contribution in [1.82, 2.24) is 39.9 Å². The summed E-state index contributed by atoms with van der Waals surface area (Å²) in [4.78, 5) is 147. The molecule has 0 radical (unpaired) electrons. The Morgan fingerprint density at radius 3 is 1.11 bits per heavy atom. The van der Waals surface area contributed by atoms with Crippen LogP contribution in [-0.2, 0) is 75.4 Å². The molecule has 1 atom stereocenters. The normalized spacial score (nSPS) is 11.8. The van der Waals surface area contributed by atoms with Crippen LogP contribution in [0.15, 0.2) is 135 Å². The maximum Gasteiger partial charge on any atom is 0.344 e. The van der Waals surface area contributed by atoms with Crippen LogP contribution in [0, 0.1) is 0 Å². The highest BCUT2D eigenvalue weighted by atomic mass is 35.5. The van der Waals surface area contributed by atoms with Gasteiger partial charge in [-0.2, -0.15) is 0 Å². The van der Waals surface area contributed by atoms with Gasteiger partial charge in [0, 0.05) is 87.4 Å². The van der Waals surface area contributed by atoms with Crippen LogP contribution in [0.1, 0.15) is 271 Å². The molecule has 7 N–H and O–H groups in total. The average Bonchev–Trinajstić information content (AvgIpc) is 1.65. The van der Waals surface area contributed by atoms with Crippen LogP contribution < -0.4 is 20.7 Å². The number of rotatable bonds is 20. The van der Waals surface area contributed by atoms with Gasteiger partial charge in [-0.05, 0) is 226 Å². The third-order valence-electron chi connectivity index (χ3n) is 15.7. The van der Waals surface area contributed by atoms with Gasteiger partial charge in [0.05, 0.1) is 18.8 Å². The van der Waals surface area contributed by atoms with Crippen molar-refractivity contribution in [1.29, 1.82) is 0 Å². The number of aryl methyl sites for hydroxylation is 2. The van der Waals surface area contributed by atoms with Crippen LogP contribution >= 0.6 is 58.0 Å². The summed E-state index contributed by atoms with van der Waals surface area (Å²) >= 11 is 28.5. The van der Waals surface area contributed by atoms with E-state index in [0.29, 0.717) is 62.9 Å². The summed E-state index contributed by atoms with van der Waals surface area (Å²) < 4.78 is 46.8. The van der Waals surface area contributed by atoms with Gasteiger partial charge >= 0.3 is 53.7 Å². The molecular weight excluding hydrogens is 1800 g/mol. The number of pyridine rings is 8. The molecule has 0 bridgehead atoms. The standard InChI is InChI=1S/C20H24N2O5.C13H20N2O2.C12H16ClNO2.C12H18N2O3.C11H14ClNO3.C11H12ClNO3.C7H4ClNO3.C6H4ClNO2/c1-20(2,3)27-19(24)17-14(10-11-22-18(17)21-4)12-26-16(23)13-25-15-8-6-5-7-9-15;1-6-9-7-8-15-11(14-5)10(9)12(16)17-13(2,3)4;1-5-8-6-7-14-10(13)9(8)11(15)16-12(2,3)4;1-12(2,3)17-11(16)9-8(7-15)5-6-14-10(9)13-4;2*1-11(2,3)16-10(15)8-7(6-14)4-5-13-9(8)12;8-5-4-3(1-2-9-5)6(10)12-7(4)11;7-5-4(6(9)10)2-1-3-8-5/h5-11H,12-13H2,1-4H3,(H,21,22);7-8H,6H2,1-5H3,(H,14,15);6-7H,5H2,1-4H3;5-6,15H,7H2,1-4H3,(H,13,14);4-5,14H,6H2,1-3H3;4-6H,1-3H3;1-2,6,10H;1-3H,(H,9,10). The van der Waals surface area contributed by atoms with E-state index in [1.807, 2.05) is 79.7 Å². The molecular formula is C92H112Cl5N11O23. The summed E-state index contributed by atoms with van der Waals surface area (Å²) in [5, 5.41) is 44.8. The average molecular weight is 1920 g/mol. The summed E-state index contributed by atoms with van der Waals surface area (Å²) in [6.07, 6.45) is 12.8. The minimum atomic E-state index is -1.20. The van der Waals surface area contributed by atoms with Crippen LogP contribution in [0.5, 0.6) is 5.75 Å². The zero-order valence-electron chi connectivity index (χ0n) is 77.1. The number of halogens is 5. The predicted molar refractivity (Wildman–Crippen MR) is 494 cm³/mol. The van der Waals surface area contributed by atoms with Crippen molar-refractivity contribution in [3.63, 3.8) is 0 Å². The summed E-state index contributed by atoms with van der Waals surface area (Å²) in [5.74, 6) is -3.30. The molecule has 10 rings (SSSR count). The van der Waals surface area contributed by atoms with Crippen LogP contribution in [0.3, 0.4) is 0 Å². The van der Waals surface area contributed by atoms with E-state index in [-0.39, 0.29) is 97.1 Å². The Hall–Kier alpha value is -12.2. The van der Waals surface area contributed by atoms with Crippen LogP contribution in [0.25, 0.3) is 0 Å². The lowest BCUT2D eigenvalue weighted by molar-refractivity contribution is -0.147. The fourth-order valence-corrected chi connectivity index (χ4v) is 11.5. The molecule has 0 aliphatic carbocycles. The number of benzene rings is 1. The van der Waals surface area contributed by atoms with Gasteiger partial charge in [0.15, 0.2) is 12.9 Å². The fraction of sp³-hybridized carbons (Fsp3) is 0.391. The largest absolute Gasteiger partial charge is 0.482 e. The number of aromatic carboxylic acids is 1. The van der Waals surface area contributed by atoms with Gasteiger partial charge in [0.2, 0.25) is 6.29 Å². The number of para-hydroxylation sites is 1. The second-order valence-corrected chi connectivity index (χ2v) is 34.8. The van der Waals surface area contributed by atoms with E-state index in [2.05, 4.69) is 60.6 Å². The number of aliphatic hydroxyl groups excluding tert-OH is 3. The van der Waals surface area contributed by atoms with Gasteiger partial charge < -0.3 is 79.0 Å². The molecule has 1 aliphatic heterocycles. The SMILES string of the molecule is CC(C)(C)OC(=O)c1c(C=O)ccnc1Cl.CC(C)(C)OC(=O)c1c(CO)ccnc1Cl.CCc1ccnc(Cl)c1C(=O)OC(C)(C)C.CCc1ccnc(NC)c1C(=O)OC(C)(C)C.CNc1nccc(CO)c1C(=O)OC(C)(C)C.CNc1nccc(COC(=O)COc2ccccc2)c1C(=O)OC(C)(C)C.O=C(O)c1cccnc1Cl.O=C1OC(O)c2ccnc(Cl)c21. The molecule has 0 saturated heterocycles. The summed E-state index contributed by atoms with van der Waals surface area (Å²) in [6.45, 7) is 35.3. The molecule has 0 saturated carbocycles. The van der Waals surface area contributed by atoms with Crippen molar-refractivity contribution in [3.8, 4) is 5.75 Å². The lowest BCUT2D eigenvalue weighted by Crippen LogP contribution is -2.26. The smallest absolute Gasteiger partial charge is 0.344 e. The van der Waals surface area contributed by atoms with Crippen LogP contribution in [0.2, 0.25) is 25.8 Å². The van der Waals surface area contributed by atoms with E-state index in [0.717, 1.165) is 24.0 Å². The Balaban J connectivity index is 0.000000391. The van der Waals surface area contributed by atoms with Crippen molar-refractivity contribution in [2.24, 2.45) is 0 Å². The molecule has 131 heavy (non-hydrogen) atoms. The molecule has 1 aromatic carbocycles. The van der Waals surface area contributed by atoms with Crippen molar-refractivity contribution in [2.45, 2.75) is 211 Å². The van der Waals surface area contributed by atoms with Gasteiger partial charge in [-0.15, -0.1) is 0 Å². The number of aliphatic hydroxyl groups is 3. The Morgan fingerprint density at radius 1 is 0.412 bits per heavy atom. The highest BCUT2D eigenvalue weighted by molar-refractivity contribution is 6.34. The van der Waals surface area contributed by atoms with Crippen molar-refractivity contribution in [3.05, 3.63) is 244 Å². The molecule has 34 nitrogen and oxygen atoms in total. The Morgan fingerprint density at radius 2 is 0.740 bits per heavy atom. The van der Waals surface area contributed by atoms with Crippen LogP contribution in [0.4, 0.5) is 17.5 Å². The zero-order valence-corrected chi connectivity index (χ0v) is 80.9. The highest BCUT2D eigenvalue weighted by Crippen LogP contribution is 2.33. The number of carbonyl (C=O) groups is 10. The van der Waals surface area contributed by atoms with Crippen molar-refractivity contribution < 1.29 is 111 Å². The van der Waals surface area contributed by atoms with E-state index >= 15 is 0 Å². The Kier molecular flexibility index (Phi) is 45.4. The molecule has 0 spiro atoms. The monoisotopic (exact) mass is 1910 g/mol. The first-order valence-electron chi connectivity index (χ1n) is 40.2. The molecule has 0 fully saturated rings. The lowest BCUT2D eigenvalue weighted by atomic mass is 10.1. The molecule has 1 unspecified atom stereocenters. The van der Waals surface area contributed by atoms with Gasteiger partial charge in [-0.1, -0.05) is 90.1 Å². The summed E-state index contributed by atoms with van der Waals surface area (Å²) in [6, 6.07) is 23.2. The molecule has 0 amide bonds. The number of carboxylic acid groups (broad SMARTS) is 1. The number of aromatic nitrogens is 8. The first kappa shape index (κ1) is 113. The number of nitrogens with zero attached hydrogens (tertiary/aromatic N) is 8. The maximum absolute atomic E-state index is 12.5. The topological polar surface area (TPSA) is 474 Å². The number of carboxylic acids is 1. The van der Waals surface area contributed by atoms with Gasteiger partial charge in [-0.3, -0.25) is 4.79 Å². The molecule has 708 valence electrons. The fourth-order valence-electron chi connectivity index (χ4n) is 10.3. The second-order valence-electron chi connectivity index (χ2n) is 33.1. The van der Waals surface area contributed by atoms with E-state index in [4.69, 9.17) is 111 Å². The number of ether oxygens (including phenoxy) is 9. The first-order valence-corrected chi connectivity index (χ1v) is 42.1. The summed E-state index contributed by atoms with van der Waals surface area (Å²) in [5.41, 5.74) is 2.01. The van der Waals surface area contributed by atoms with Crippen molar-refractivity contribution >= 4 is 135 Å². The zero-order chi connectivity index (χ0) is 99.3. The van der Waals surface area contributed by atoms with E-state index in [1.54, 1.807) is 147 Å². The second kappa shape index (κ2) is 52.6. The number of hydrogen-bond donors (Lipinski definition) is 7. The number of fused-ring (bicyclic) bond motifs is 1. The van der Waals surface area contributed by atoms with Crippen molar-refractivity contribution in [2.75, 3.05) is 43.7 Å². The molecule has 1 aliphatic rings. The van der Waals surface area contributed by atoms with E-state index < -0.39 is 87.7 Å². The number of carbonyl (C=O) groups excluding carboxylic acids is 9. The Bertz CT molecular complexity index is 5180. The summed E-state index contributed by atoms with van der Waals surface area (Å²) in [7, 11) is 5.06. The van der Waals surface area contributed by atoms with Gasteiger partial charge in [0.1, 0.15) is 128 Å². The third-order valence-corrected chi connectivity index (χ3v) is 17.1.